The summed E-state index contributed by atoms with van der Waals surface area (Å²) in [6.45, 7) is 2.14. The molecule has 1 aromatic heterocycles. The van der Waals surface area contributed by atoms with E-state index in [4.69, 9.17) is 5.73 Å². The van der Waals surface area contributed by atoms with Gasteiger partial charge in [0.05, 0.1) is 0 Å². The van der Waals surface area contributed by atoms with Crippen molar-refractivity contribution in [1.82, 2.24) is 0 Å². The van der Waals surface area contributed by atoms with Crippen LogP contribution in [0.25, 0.3) is 0 Å². The highest BCUT2D eigenvalue weighted by Crippen LogP contribution is 2.11. The zero-order chi connectivity index (χ0) is 8.10. The van der Waals surface area contributed by atoms with E-state index < -0.39 is 0 Å². The third-order valence-electron chi connectivity index (χ3n) is 1.87. The van der Waals surface area contributed by atoms with Crippen LogP contribution in [0.3, 0.4) is 0 Å². The maximum absolute atomic E-state index is 5.79. The highest BCUT2D eigenvalue weighted by molar-refractivity contribution is 7.09. The largest absolute Gasteiger partial charge is 0.328 e. The molecule has 0 saturated carbocycles. The molecule has 0 saturated heterocycles. The van der Waals surface area contributed by atoms with Gasteiger partial charge in [-0.25, -0.2) is 0 Å². The Morgan fingerprint density at radius 3 is 3.00 bits per heavy atom. The van der Waals surface area contributed by atoms with Gasteiger partial charge < -0.3 is 5.73 Å². The SMILES string of the molecule is CC[C@H](N)CCc1cccs1. The fourth-order valence-corrected chi connectivity index (χ4v) is 1.71. The molecule has 11 heavy (non-hydrogen) atoms. The summed E-state index contributed by atoms with van der Waals surface area (Å²) in [7, 11) is 0. The first-order chi connectivity index (χ1) is 5.33. The van der Waals surface area contributed by atoms with E-state index in [1.54, 1.807) is 0 Å². The Hall–Kier alpha value is -0.340. The molecule has 0 aliphatic heterocycles. The Labute approximate surface area is 72.2 Å². The second kappa shape index (κ2) is 4.52. The molecule has 62 valence electrons. The third-order valence-corrected chi connectivity index (χ3v) is 2.80. The second-order valence-electron chi connectivity index (χ2n) is 2.79. The minimum atomic E-state index is 0.386. The lowest BCUT2D eigenvalue weighted by Gasteiger charge is -2.05. The van der Waals surface area contributed by atoms with E-state index in [0.717, 1.165) is 19.3 Å². The minimum Gasteiger partial charge on any atom is -0.328 e. The Balaban J connectivity index is 2.23. The van der Waals surface area contributed by atoms with Gasteiger partial charge in [0.25, 0.3) is 0 Å². The first-order valence-electron chi connectivity index (χ1n) is 4.11. The van der Waals surface area contributed by atoms with Crippen LogP contribution in [-0.4, -0.2) is 6.04 Å². The maximum atomic E-state index is 5.79. The van der Waals surface area contributed by atoms with Crippen molar-refractivity contribution in [2.75, 3.05) is 0 Å². The molecule has 1 rings (SSSR count). The van der Waals surface area contributed by atoms with Gasteiger partial charge in [0.2, 0.25) is 0 Å². The predicted octanol–water partition coefficient (Wildman–Crippen LogP) is 2.42. The van der Waals surface area contributed by atoms with E-state index in [9.17, 15) is 0 Å². The van der Waals surface area contributed by atoms with Gasteiger partial charge in [-0.3, -0.25) is 0 Å². The predicted molar refractivity (Wildman–Crippen MR) is 50.9 cm³/mol. The Kier molecular flexibility index (Phi) is 3.60. The number of hydrogen-bond acceptors (Lipinski definition) is 2. The Morgan fingerprint density at radius 1 is 1.64 bits per heavy atom. The van der Waals surface area contributed by atoms with Crippen molar-refractivity contribution in [1.29, 1.82) is 0 Å². The molecule has 0 aliphatic rings. The topological polar surface area (TPSA) is 26.0 Å². The van der Waals surface area contributed by atoms with Crippen LogP contribution >= 0.6 is 11.3 Å². The van der Waals surface area contributed by atoms with Gasteiger partial charge in [0, 0.05) is 10.9 Å². The average molecular weight is 169 g/mol. The van der Waals surface area contributed by atoms with E-state index in [-0.39, 0.29) is 0 Å². The monoisotopic (exact) mass is 169 g/mol. The lowest BCUT2D eigenvalue weighted by Crippen LogP contribution is -2.18. The lowest BCUT2D eigenvalue weighted by molar-refractivity contribution is 0.599. The molecule has 0 spiro atoms. The highest BCUT2D eigenvalue weighted by Gasteiger charge is 1.99. The number of rotatable bonds is 4. The fourth-order valence-electron chi connectivity index (χ4n) is 0.987. The molecular formula is C9H15NS. The first kappa shape index (κ1) is 8.75. The lowest BCUT2D eigenvalue weighted by atomic mass is 10.1. The van der Waals surface area contributed by atoms with E-state index in [1.165, 1.54) is 4.88 Å². The molecule has 0 unspecified atom stereocenters. The summed E-state index contributed by atoms with van der Waals surface area (Å²) in [4.78, 5) is 1.45. The Morgan fingerprint density at radius 2 is 2.45 bits per heavy atom. The summed E-state index contributed by atoms with van der Waals surface area (Å²) in [5.74, 6) is 0. The van der Waals surface area contributed by atoms with E-state index in [2.05, 4.69) is 24.4 Å². The fraction of sp³-hybridized carbons (Fsp3) is 0.556. The summed E-state index contributed by atoms with van der Waals surface area (Å²) in [5.41, 5.74) is 5.79. The highest BCUT2D eigenvalue weighted by atomic mass is 32.1. The average Bonchev–Trinajstić information content (AvgIpc) is 2.52. The standard InChI is InChI=1S/C9H15NS/c1-2-8(10)5-6-9-4-3-7-11-9/h3-4,7-8H,2,5-6,10H2,1H3/t8-/m0/s1. The van der Waals surface area contributed by atoms with Crippen molar-refractivity contribution in [3.05, 3.63) is 22.4 Å². The summed E-state index contributed by atoms with van der Waals surface area (Å²) in [6, 6.07) is 4.65. The molecule has 1 heterocycles. The van der Waals surface area contributed by atoms with E-state index >= 15 is 0 Å². The molecule has 0 aliphatic carbocycles. The zero-order valence-electron chi connectivity index (χ0n) is 6.92. The van der Waals surface area contributed by atoms with Crippen molar-refractivity contribution >= 4 is 11.3 Å². The van der Waals surface area contributed by atoms with Gasteiger partial charge in [-0.05, 0) is 30.7 Å². The molecular weight excluding hydrogens is 154 g/mol. The molecule has 2 N–H and O–H groups in total. The number of thiophene rings is 1. The van der Waals surface area contributed by atoms with Crippen molar-refractivity contribution < 1.29 is 0 Å². The second-order valence-corrected chi connectivity index (χ2v) is 3.82. The molecule has 0 amide bonds. The van der Waals surface area contributed by atoms with Crippen LogP contribution in [0.1, 0.15) is 24.6 Å². The normalized spacial score (nSPS) is 13.3. The summed E-state index contributed by atoms with van der Waals surface area (Å²) in [5, 5.41) is 2.12. The minimum absolute atomic E-state index is 0.386. The van der Waals surface area contributed by atoms with Gasteiger partial charge >= 0.3 is 0 Å². The number of nitrogens with two attached hydrogens (primary N) is 1. The van der Waals surface area contributed by atoms with Crippen molar-refractivity contribution in [2.45, 2.75) is 32.2 Å². The molecule has 1 atom stereocenters. The summed E-state index contributed by atoms with van der Waals surface area (Å²) >= 11 is 1.82. The third kappa shape index (κ3) is 3.04. The van der Waals surface area contributed by atoms with Crippen LogP contribution in [0.5, 0.6) is 0 Å². The summed E-state index contributed by atoms with van der Waals surface area (Å²) < 4.78 is 0. The van der Waals surface area contributed by atoms with Gasteiger partial charge in [0.15, 0.2) is 0 Å². The quantitative estimate of drug-likeness (QED) is 0.736. The van der Waals surface area contributed by atoms with Crippen LogP contribution in [0, 0.1) is 0 Å². The molecule has 1 aromatic rings. The van der Waals surface area contributed by atoms with Crippen LogP contribution in [-0.2, 0) is 6.42 Å². The molecule has 0 aromatic carbocycles. The van der Waals surface area contributed by atoms with Crippen LogP contribution < -0.4 is 5.73 Å². The molecule has 1 nitrogen and oxygen atoms in total. The van der Waals surface area contributed by atoms with Crippen LogP contribution in [0.4, 0.5) is 0 Å². The number of hydrogen-bond donors (Lipinski definition) is 1. The van der Waals surface area contributed by atoms with E-state index in [1.807, 2.05) is 11.3 Å². The maximum Gasteiger partial charge on any atom is 0.00458 e. The Bertz CT molecular complexity index is 181. The molecule has 2 heteroatoms. The van der Waals surface area contributed by atoms with Crippen molar-refractivity contribution in [3.63, 3.8) is 0 Å². The van der Waals surface area contributed by atoms with Crippen molar-refractivity contribution in [3.8, 4) is 0 Å². The van der Waals surface area contributed by atoms with E-state index in [0.29, 0.717) is 6.04 Å². The van der Waals surface area contributed by atoms with Gasteiger partial charge in [-0.1, -0.05) is 13.0 Å². The van der Waals surface area contributed by atoms with Crippen LogP contribution in [0.15, 0.2) is 17.5 Å². The van der Waals surface area contributed by atoms with Crippen LogP contribution in [0.2, 0.25) is 0 Å². The smallest absolute Gasteiger partial charge is 0.00458 e. The zero-order valence-corrected chi connectivity index (χ0v) is 7.73. The molecule has 0 bridgehead atoms. The molecule has 0 radical (unpaired) electrons. The van der Waals surface area contributed by atoms with Gasteiger partial charge in [-0.15, -0.1) is 11.3 Å². The van der Waals surface area contributed by atoms with Gasteiger partial charge in [0.1, 0.15) is 0 Å². The van der Waals surface area contributed by atoms with Crippen molar-refractivity contribution in [2.24, 2.45) is 5.73 Å². The summed E-state index contributed by atoms with van der Waals surface area (Å²) in [6.07, 6.45) is 3.36. The molecule has 0 fully saturated rings. The first-order valence-corrected chi connectivity index (χ1v) is 4.99. The number of aryl methyl sites for hydroxylation is 1. The van der Waals surface area contributed by atoms with Gasteiger partial charge in [-0.2, -0.15) is 0 Å².